The number of nitrogens with one attached hydrogen (secondary N) is 1. The zero-order valence-corrected chi connectivity index (χ0v) is 8.75. The van der Waals surface area contributed by atoms with Crippen LogP contribution < -0.4 is 0 Å². The van der Waals surface area contributed by atoms with Crippen molar-refractivity contribution in [1.82, 2.24) is 30.0 Å². The van der Waals surface area contributed by atoms with Gasteiger partial charge in [0.15, 0.2) is 0 Å². The SMILES string of the molecule is Cc1cc(Cn2[nH]nnc2=S)n(C)n1. The van der Waals surface area contributed by atoms with Crippen LogP contribution in [0, 0.1) is 11.7 Å². The molecule has 0 saturated carbocycles. The van der Waals surface area contributed by atoms with Gasteiger partial charge in [0, 0.05) is 7.05 Å². The number of nitrogens with zero attached hydrogens (tertiary/aromatic N) is 5. The van der Waals surface area contributed by atoms with Crippen LogP contribution in [0.3, 0.4) is 0 Å². The summed E-state index contributed by atoms with van der Waals surface area (Å²) in [6.07, 6.45) is 0. The Labute approximate surface area is 85.5 Å². The Morgan fingerprint density at radius 1 is 1.57 bits per heavy atom. The first kappa shape index (κ1) is 9.07. The molecule has 6 nitrogen and oxygen atoms in total. The van der Waals surface area contributed by atoms with E-state index in [-0.39, 0.29) is 0 Å². The van der Waals surface area contributed by atoms with Crippen LogP contribution in [0.2, 0.25) is 0 Å². The first-order chi connectivity index (χ1) is 6.66. The number of rotatable bonds is 2. The van der Waals surface area contributed by atoms with Crippen LogP contribution in [0.5, 0.6) is 0 Å². The summed E-state index contributed by atoms with van der Waals surface area (Å²) in [7, 11) is 1.90. The third-order valence-electron chi connectivity index (χ3n) is 1.95. The maximum absolute atomic E-state index is 4.96. The molecule has 0 spiro atoms. The normalized spacial score (nSPS) is 10.7. The zero-order chi connectivity index (χ0) is 10.1. The molecule has 0 aliphatic rings. The molecular formula is C7H10N6S. The summed E-state index contributed by atoms with van der Waals surface area (Å²) in [6.45, 7) is 2.57. The fourth-order valence-electron chi connectivity index (χ4n) is 1.29. The Morgan fingerprint density at radius 3 is 2.86 bits per heavy atom. The van der Waals surface area contributed by atoms with Gasteiger partial charge in [-0.1, -0.05) is 10.3 Å². The van der Waals surface area contributed by atoms with Crippen molar-refractivity contribution >= 4 is 12.2 Å². The lowest BCUT2D eigenvalue weighted by molar-refractivity contribution is 0.594. The Morgan fingerprint density at radius 2 is 2.36 bits per heavy atom. The second kappa shape index (κ2) is 3.33. The predicted octanol–water partition coefficient (Wildman–Crippen LogP) is 0.426. The van der Waals surface area contributed by atoms with Gasteiger partial charge in [-0.05, 0) is 25.2 Å². The molecule has 2 heterocycles. The van der Waals surface area contributed by atoms with Gasteiger partial charge in [-0.2, -0.15) is 10.3 Å². The molecule has 0 aliphatic heterocycles. The van der Waals surface area contributed by atoms with Gasteiger partial charge in [0.1, 0.15) is 0 Å². The van der Waals surface area contributed by atoms with Crippen LogP contribution in [-0.4, -0.2) is 30.0 Å². The van der Waals surface area contributed by atoms with E-state index in [1.165, 1.54) is 0 Å². The van der Waals surface area contributed by atoms with Crippen LogP contribution in [0.4, 0.5) is 0 Å². The van der Waals surface area contributed by atoms with Crippen LogP contribution in [0.25, 0.3) is 0 Å². The van der Waals surface area contributed by atoms with Crippen molar-refractivity contribution in [2.75, 3.05) is 0 Å². The average Bonchev–Trinajstić information content (AvgIpc) is 2.62. The maximum atomic E-state index is 4.96. The van der Waals surface area contributed by atoms with E-state index >= 15 is 0 Å². The number of H-pyrrole nitrogens is 1. The molecule has 14 heavy (non-hydrogen) atoms. The van der Waals surface area contributed by atoms with Crippen LogP contribution in [0.1, 0.15) is 11.4 Å². The fourth-order valence-corrected chi connectivity index (χ4v) is 1.44. The van der Waals surface area contributed by atoms with Gasteiger partial charge < -0.3 is 0 Å². The van der Waals surface area contributed by atoms with E-state index in [4.69, 9.17) is 12.2 Å². The predicted molar refractivity (Wildman–Crippen MR) is 52.3 cm³/mol. The number of hydrogen-bond acceptors (Lipinski definition) is 4. The minimum Gasteiger partial charge on any atom is -0.270 e. The minimum absolute atomic E-state index is 0.448. The van der Waals surface area contributed by atoms with Gasteiger partial charge in [-0.25, -0.2) is 4.68 Å². The number of hydrogen-bond donors (Lipinski definition) is 1. The highest BCUT2D eigenvalue weighted by atomic mass is 32.1. The summed E-state index contributed by atoms with van der Waals surface area (Å²) < 4.78 is 3.95. The molecule has 0 aliphatic carbocycles. The van der Waals surface area contributed by atoms with Crippen LogP contribution in [-0.2, 0) is 13.6 Å². The molecule has 0 atom stereocenters. The lowest BCUT2D eigenvalue weighted by atomic mass is 10.4. The largest absolute Gasteiger partial charge is 0.270 e. The summed E-state index contributed by atoms with van der Waals surface area (Å²) in [4.78, 5) is 0. The molecule has 0 unspecified atom stereocenters. The van der Waals surface area contributed by atoms with Crippen molar-refractivity contribution in [1.29, 1.82) is 0 Å². The molecule has 74 valence electrons. The standard InChI is InChI=1S/C7H10N6S/c1-5-3-6(12(2)9-5)4-13-7(14)8-10-11-13/h3H,4H2,1-2H3,(H,8,11,14). The Hall–Kier alpha value is -1.50. The Kier molecular flexibility index (Phi) is 2.16. The summed E-state index contributed by atoms with van der Waals surface area (Å²) in [6, 6.07) is 2.00. The van der Waals surface area contributed by atoms with Crippen molar-refractivity contribution in [2.45, 2.75) is 13.5 Å². The highest BCUT2D eigenvalue weighted by molar-refractivity contribution is 7.71. The molecule has 2 rings (SSSR count). The first-order valence-electron chi connectivity index (χ1n) is 4.14. The smallest absolute Gasteiger partial charge is 0.238 e. The molecule has 0 saturated heterocycles. The maximum Gasteiger partial charge on any atom is 0.238 e. The van der Waals surface area contributed by atoms with Crippen LogP contribution in [0.15, 0.2) is 6.07 Å². The number of aromatic amines is 1. The monoisotopic (exact) mass is 210 g/mol. The van der Waals surface area contributed by atoms with Gasteiger partial charge in [0.2, 0.25) is 4.77 Å². The Bertz CT molecular complexity index is 492. The first-order valence-corrected chi connectivity index (χ1v) is 4.55. The molecule has 0 amide bonds. The third kappa shape index (κ3) is 1.58. The van der Waals surface area contributed by atoms with E-state index < -0.39 is 0 Å². The number of aromatic nitrogens is 6. The molecule has 2 aromatic heterocycles. The second-order valence-electron chi connectivity index (χ2n) is 3.07. The topological polar surface area (TPSA) is 64.3 Å². The highest BCUT2D eigenvalue weighted by Crippen LogP contribution is 2.03. The van der Waals surface area contributed by atoms with Crippen molar-refractivity contribution in [3.05, 3.63) is 22.2 Å². The fraction of sp³-hybridized carbons (Fsp3) is 0.429. The highest BCUT2D eigenvalue weighted by Gasteiger charge is 2.03. The summed E-state index contributed by atoms with van der Waals surface area (Å²) in [5.41, 5.74) is 2.05. The van der Waals surface area contributed by atoms with Crippen molar-refractivity contribution in [2.24, 2.45) is 7.05 Å². The zero-order valence-electron chi connectivity index (χ0n) is 7.93. The summed E-state index contributed by atoms with van der Waals surface area (Å²) in [5, 5.41) is 14.2. The molecule has 2 aromatic rings. The van der Waals surface area contributed by atoms with Crippen molar-refractivity contribution in [3.63, 3.8) is 0 Å². The van der Waals surface area contributed by atoms with Gasteiger partial charge >= 0.3 is 0 Å². The van der Waals surface area contributed by atoms with E-state index in [0.717, 1.165) is 11.4 Å². The summed E-state index contributed by atoms with van der Waals surface area (Å²) in [5.74, 6) is 0. The molecule has 0 radical (unpaired) electrons. The molecule has 0 bridgehead atoms. The number of tetrazole rings is 1. The van der Waals surface area contributed by atoms with Gasteiger partial charge in [-0.15, -0.1) is 0 Å². The van der Waals surface area contributed by atoms with Crippen molar-refractivity contribution in [3.8, 4) is 0 Å². The molecule has 1 N–H and O–H groups in total. The molecule has 7 heteroatoms. The van der Waals surface area contributed by atoms with Crippen molar-refractivity contribution < 1.29 is 0 Å². The van der Waals surface area contributed by atoms with E-state index in [1.807, 2.05) is 24.7 Å². The molecular weight excluding hydrogens is 200 g/mol. The quantitative estimate of drug-likeness (QED) is 0.730. The lowest BCUT2D eigenvalue weighted by Gasteiger charge is -2.00. The van der Waals surface area contributed by atoms with E-state index in [1.54, 1.807) is 4.68 Å². The average molecular weight is 210 g/mol. The van der Waals surface area contributed by atoms with E-state index in [2.05, 4.69) is 20.6 Å². The van der Waals surface area contributed by atoms with E-state index in [0.29, 0.717) is 11.3 Å². The molecule has 0 aromatic carbocycles. The minimum atomic E-state index is 0.448. The second-order valence-corrected chi connectivity index (χ2v) is 3.43. The van der Waals surface area contributed by atoms with Gasteiger partial charge in [0.25, 0.3) is 0 Å². The summed E-state index contributed by atoms with van der Waals surface area (Å²) >= 11 is 4.96. The van der Waals surface area contributed by atoms with E-state index in [9.17, 15) is 0 Å². The molecule has 0 fully saturated rings. The van der Waals surface area contributed by atoms with Gasteiger partial charge in [-0.3, -0.25) is 4.68 Å². The van der Waals surface area contributed by atoms with Gasteiger partial charge in [0.05, 0.1) is 17.9 Å². The Balaban J connectivity index is 2.31. The number of aryl methyl sites for hydroxylation is 2. The van der Waals surface area contributed by atoms with Crippen LogP contribution >= 0.6 is 12.2 Å². The lowest BCUT2D eigenvalue weighted by Crippen LogP contribution is -2.07. The third-order valence-corrected chi connectivity index (χ3v) is 2.25.